The van der Waals surface area contributed by atoms with Crippen molar-refractivity contribution < 1.29 is 23.9 Å². The number of nitrogens with zero attached hydrogens (tertiary/aromatic N) is 3. The number of nitrogens with one attached hydrogen (secondary N) is 1. The highest BCUT2D eigenvalue weighted by molar-refractivity contribution is 8.18. The third-order valence-electron chi connectivity index (χ3n) is 3.34. The molecule has 3 amide bonds. The number of ether oxygens (including phenoxy) is 2. The average molecular weight is 406 g/mol. The lowest BCUT2D eigenvalue weighted by atomic mass is 10.3. The SMILES string of the molecule is COc1cc(OC)nc(NC(=O)CN2C(=O)S/C(=C\c3cccs3)C2=O)n1. The molecule has 3 rings (SSSR count). The molecule has 11 heteroatoms. The molecule has 27 heavy (non-hydrogen) atoms. The van der Waals surface area contributed by atoms with Crippen molar-refractivity contribution in [3.63, 3.8) is 0 Å². The monoisotopic (exact) mass is 406 g/mol. The van der Waals surface area contributed by atoms with Crippen molar-refractivity contribution in [2.75, 3.05) is 26.1 Å². The highest BCUT2D eigenvalue weighted by Crippen LogP contribution is 2.32. The molecule has 1 aliphatic rings. The lowest BCUT2D eigenvalue weighted by Gasteiger charge is -2.12. The van der Waals surface area contributed by atoms with E-state index in [2.05, 4.69) is 15.3 Å². The van der Waals surface area contributed by atoms with Crippen molar-refractivity contribution in [1.29, 1.82) is 0 Å². The summed E-state index contributed by atoms with van der Waals surface area (Å²) in [5, 5.41) is 3.78. The Hall–Kier alpha value is -2.92. The molecule has 0 atom stereocenters. The van der Waals surface area contributed by atoms with Gasteiger partial charge in [-0.25, -0.2) is 0 Å². The Morgan fingerprint density at radius 2 is 1.96 bits per heavy atom. The van der Waals surface area contributed by atoms with Crippen molar-refractivity contribution in [2.45, 2.75) is 0 Å². The van der Waals surface area contributed by atoms with Crippen molar-refractivity contribution >= 4 is 52.2 Å². The number of carbonyl (C=O) groups is 3. The second kappa shape index (κ2) is 8.18. The number of aromatic nitrogens is 2. The number of thioether (sulfide) groups is 1. The van der Waals surface area contributed by atoms with Crippen LogP contribution in [0, 0.1) is 0 Å². The maximum Gasteiger partial charge on any atom is 0.294 e. The minimum atomic E-state index is -0.620. The van der Waals surface area contributed by atoms with Gasteiger partial charge in [-0.2, -0.15) is 9.97 Å². The number of amides is 3. The third kappa shape index (κ3) is 4.44. The molecular weight excluding hydrogens is 392 g/mol. The first-order valence-corrected chi connectivity index (χ1v) is 9.25. The molecule has 9 nitrogen and oxygen atoms in total. The van der Waals surface area contributed by atoms with Crippen molar-refractivity contribution in [3.05, 3.63) is 33.4 Å². The summed E-state index contributed by atoms with van der Waals surface area (Å²) in [6.07, 6.45) is 1.63. The molecule has 0 unspecified atom stereocenters. The number of carbonyl (C=O) groups excluding carboxylic acids is 3. The Balaban J connectivity index is 1.69. The number of thiophene rings is 1. The van der Waals surface area contributed by atoms with Crippen LogP contribution >= 0.6 is 23.1 Å². The smallest absolute Gasteiger partial charge is 0.294 e. The van der Waals surface area contributed by atoms with Crippen molar-refractivity contribution in [2.24, 2.45) is 0 Å². The maximum absolute atomic E-state index is 12.4. The number of hydrogen-bond acceptors (Lipinski definition) is 9. The van der Waals surface area contributed by atoms with E-state index in [-0.39, 0.29) is 22.6 Å². The van der Waals surface area contributed by atoms with Gasteiger partial charge >= 0.3 is 0 Å². The standard InChI is InChI=1S/C16H14N4O5S2/c1-24-12-7-13(25-2)19-15(18-12)17-11(21)8-20-14(22)10(27-16(20)23)6-9-4-3-5-26-9/h3-7H,8H2,1-2H3,(H,17,18,19,21)/b10-6-. The van der Waals surface area contributed by atoms with Gasteiger partial charge in [0.05, 0.1) is 25.2 Å². The summed E-state index contributed by atoms with van der Waals surface area (Å²) in [7, 11) is 2.82. The molecule has 0 spiro atoms. The first-order chi connectivity index (χ1) is 13.0. The Kier molecular flexibility index (Phi) is 5.72. The average Bonchev–Trinajstić information content (AvgIpc) is 3.25. The molecule has 0 aliphatic carbocycles. The Bertz CT molecular complexity index is 891. The first-order valence-electron chi connectivity index (χ1n) is 7.56. The van der Waals surface area contributed by atoms with Gasteiger partial charge < -0.3 is 9.47 Å². The molecule has 0 aromatic carbocycles. The zero-order valence-corrected chi connectivity index (χ0v) is 15.9. The fourth-order valence-corrected chi connectivity index (χ4v) is 3.68. The number of anilines is 1. The van der Waals surface area contributed by atoms with Crippen LogP contribution in [0.4, 0.5) is 10.7 Å². The van der Waals surface area contributed by atoms with E-state index < -0.39 is 23.6 Å². The molecule has 1 fully saturated rings. The first kappa shape index (κ1) is 18.9. The molecule has 0 bridgehead atoms. The summed E-state index contributed by atoms with van der Waals surface area (Å²) in [6, 6.07) is 5.12. The van der Waals surface area contributed by atoms with E-state index >= 15 is 0 Å². The summed E-state index contributed by atoms with van der Waals surface area (Å²) in [5.74, 6) is -0.802. The summed E-state index contributed by atoms with van der Waals surface area (Å²) in [5.41, 5.74) is 0. The van der Waals surface area contributed by atoms with E-state index in [4.69, 9.17) is 9.47 Å². The van der Waals surface area contributed by atoms with E-state index in [1.807, 2.05) is 17.5 Å². The quantitative estimate of drug-likeness (QED) is 0.727. The molecule has 1 saturated heterocycles. The molecule has 2 aromatic rings. The highest BCUT2D eigenvalue weighted by atomic mass is 32.2. The second-order valence-corrected chi connectivity index (χ2v) is 7.08. The predicted molar refractivity (Wildman–Crippen MR) is 101 cm³/mol. The van der Waals surface area contributed by atoms with Crippen LogP contribution in [-0.2, 0) is 9.59 Å². The zero-order valence-electron chi connectivity index (χ0n) is 14.3. The van der Waals surface area contributed by atoms with E-state index in [1.54, 1.807) is 6.08 Å². The van der Waals surface area contributed by atoms with Crippen molar-refractivity contribution in [1.82, 2.24) is 14.9 Å². The van der Waals surface area contributed by atoms with E-state index in [0.29, 0.717) is 0 Å². The maximum atomic E-state index is 12.4. The van der Waals surface area contributed by atoms with E-state index in [0.717, 1.165) is 21.5 Å². The molecule has 0 saturated carbocycles. The van der Waals surface area contributed by atoms with Gasteiger partial charge in [-0.05, 0) is 29.3 Å². The van der Waals surface area contributed by atoms with Crippen LogP contribution in [0.15, 0.2) is 28.5 Å². The van der Waals surface area contributed by atoms with Crippen LogP contribution in [-0.4, -0.2) is 52.7 Å². The summed E-state index contributed by atoms with van der Waals surface area (Å²) in [4.78, 5) is 46.7. The molecule has 1 N–H and O–H groups in total. The van der Waals surface area contributed by atoms with Gasteiger partial charge in [0, 0.05) is 4.88 Å². The largest absolute Gasteiger partial charge is 0.481 e. The lowest BCUT2D eigenvalue weighted by molar-refractivity contribution is -0.127. The number of hydrogen-bond donors (Lipinski definition) is 1. The number of imide groups is 1. The summed E-state index contributed by atoms with van der Waals surface area (Å²) >= 11 is 2.24. The van der Waals surface area contributed by atoms with Crippen LogP contribution in [0.3, 0.4) is 0 Å². The topological polar surface area (TPSA) is 111 Å². The van der Waals surface area contributed by atoms with Crippen LogP contribution in [0.25, 0.3) is 6.08 Å². The molecule has 0 radical (unpaired) electrons. The van der Waals surface area contributed by atoms with Crippen LogP contribution in [0.5, 0.6) is 11.8 Å². The minimum absolute atomic E-state index is 0.0581. The van der Waals surface area contributed by atoms with Crippen molar-refractivity contribution in [3.8, 4) is 11.8 Å². The van der Waals surface area contributed by atoms with Gasteiger partial charge in [-0.1, -0.05) is 6.07 Å². The molecule has 3 heterocycles. The zero-order chi connectivity index (χ0) is 19.4. The third-order valence-corrected chi connectivity index (χ3v) is 5.07. The van der Waals surface area contributed by atoms with Gasteiger partial charge in [0.15, 0.2) is 0 Å². The Morgan fingerprint density at radius 1 is 1.26 bits per heavy atom. The minimum Gasteiger partial charge on any atom is -0.481 e. The van der Waals surface area contributed by atoms with Gasteiger partial charge in [0.25, 0.3) is 11.1 Å². The number of rotatable bonds is 6. The van der Waals surface area contributed by atoms with Gasteiger partial charge in [0.2, 0.25) is 23.6 Å². The summed E-state index contributed by atoms with van der Waals surface area (Å²) < 4.78 is 10.00. The molecule has 140 valence electrons. The lowest BCUT2D eigenvalue weighted by Crippen LogP contribution is -2.36. The fraction of sp³-hybridized carbons (Fsp3) is 0.188. The second-order valence-electron chi connectivity index (χ2n) is 5.11. The number of methoxy groups -OCH3 is 2. The Morgan fingerprint density at radius 3 is 2.56 bits per heavy atom. The van der Waals surface area contributed by atoms with E-state index in [1.165, 1.54) is 31.6 Å². The Labute approximate surface area is 162 Å². The fourth-order valence-electron chi connectivity index (χ4n) is 2.12. The van der Waals surface area contributed by atoms with Crippen LogP contribution in [0.2, 0.25) is 0 Å². The van der Waals surface area contributed by atoms with Gasteiger partial charge in [-0.3, -0.25) is 24.6 Å². The van der Waals surface area contributed by atoms with E-state index in [9.17, 15) is 14.4 Å². The molecule has 2 aromatic heterocycles. The van der Waals surface area contributed by atoms with Crippen LogP contribution < -0.4 is 14.8 Å². The van der Waals surface area contributed by atoms with Crippen LogP contribution in [0.1, 0.15) is 4.88 Å². The predicted octanol–water partition coefficient (Wildman–Crippen LogP) is 2.23. The molecular formula is C16H14N4O5S2. The molecule has 1 aliphatic heterocycles. The van der Waals surface area contributed by atoms with Gasteiger partial charge in [0.1, 0.15) is 6.54 Å². The summed E-state index contributed by atoms with van der Waals surface area (Å²) in [6.45, 7) is -0.449. The highest BCUT2D eigenvalue weighted by Gasteiger charge is 2.36. The normalized spacial score (nSPS) is 15.3. The van der Waals surface area contributed by atoms with Gasteiger partial charge in [-0.15, -0.1) is 11.3 Å².